The molecule has 1 heterocycles. The number of carbonyl (C=O) groups is 3. The molecule has 3 aromatic rings. The molecule has 252 valence electrons. The van der Waals surface area contributed by atoms with Gasteiger partial charge in [-0.3, -0.25) is 9.59 Å². The van der Waals surface area contributed by atoms with E-state index in [4.69, 9.17) is 9.47 Å². The van der Waals surface area contributed by atoms with Crippen LogP contribution in [0.25, 0.3) is 0 Å². The van der Waals surface area contributed by atoms with Crippen LogP contribution in [0.1, 0.15) is 60.7 Å². The summed E-state index contributed by atoms with van der Waals surface area (Å²) in [5, 5.41) is 15.8. The van der Waals surface area contributed by atoms with E-state index in [1.807, 2.05) is 19.9 Å². The van der Waals surface area contributed by atoms with Crippen molar-refractivity contribution in [2.75, 3.05) is 44.0 Å². The van der Waals surface area contributed by atoms with Gasteiger partial charge in [0.25, 0.3) is 11.8 Å². The highest BCUT2D eigenvalue weighted by atomic mass is 19.1. The highest BCUT2D eigenvalue weighted by Crippen LogP contribution is 2.29. The van der Waals surface area contributed by atoms with Crippen LogP contribution in [0, 0.1) is 11.7 Å². The maximum Gasteiger partial charge on any atom is 0.321 e. The van der Waals surface area contributed by atoms with Gasteiger partial charge in [-0.25, -0.2) is 9.18 Å². The van der Waals surface area contributed by atoms with E-state index >= 15 is 0 Å². The lowest BCUT2D eigenvalue weighted by molar-refractivity contribution is -0.0115. The summed E-state index contributed by atoms with van der Waals surface area (Å²) in [7, 11) is 1.65. The molecule has 0 aliphatic carbocycles. The Morgan fingerprint density at radius 3 is 2.43 bits per heavy atom. The summed E-state index contributed by atoms with van der Waals surface area (Å²) in [5.41, 5.74) is 1.64. The number of anilines is 2. The van der Waals surface area contributed by atoms with Gasteiger partial charge < -0.3 is 35.0 Å². The maximum absolute atomic E-state index is 14.3. The van der Waals surface area contributed by atoms with Crippen molar-refractivity contribution in [1.29, 1.82) is 0 Å². The van der Waals surface area contributed by atoms with Gasteiger partial charge in [-0.15, -0.1) is 0 Å². The van der Waals surface area contributed by atoms with Crippen molar-refractivity contribution in [2.24, 2.45) is 5.92 Å². The predicted octanol–water partition coefficient (Wildman–Crippen LogP) is 6.04. The van der Waals surface area contributed by atoms with E-state index in [9.17, 15) is 23.9 Å². The Kier molecular flexibility index (Phi) is 12.7. The molecule has 0 saturated heterocycles. The lowest BCUT2D eigenvalue weighted by Gasteiger charge is -2.35. The van der Waals surface area contributed by atoms with E-state index in [1.165, 1.54) is 29.2 Å². The molecule has 0 aromatic heterocycles. The minimum absolute atomic E-state index is 0.200. The summed E-state index contributed by atoms with van der Waals surface area (Å²) >= 11 is 0. The molecule has 1 aliphatic rings. The number of likely N-dealkylation sites (N-methyl/N-ethyl adjacent to an activating group) is 1. The van der Waals surface area contributed by atoms with Crippen LogP contribution in [-0.4, -0.2) is 84.4 Å². The quantitative estimate of drug-likeness (QED) is 0.288. The zero-order valence-corrected chi connectivity index (χ0v) is 27.4. The lowest BCUT2D eigenvalue weighted by Crippen LogP contribution is -2.48. The van der Waals surface area contributed by atoms with Gasteiger partial charge in [-0.1, -0.05) is 25.1 Å². The van der Waals surface area contributed by atoms with Crippen molar-refractivity contribution in [1.82, 2.24) is 9.80 Å². The Morgan fingerprint density at radius 2 is 1.72 bits per heavy atom. The number of carbonyl (C=O) groups excluding carboxylic acids is 3. The average molecular weight is 649 g/mol. The average Bonchev–Trinajstić information content (AvgIpc) is 3.07. The molecule has 3 N–H and O–H groups in total. The molecule has 0 radical (unpaired) electrons. The molecule has 10 nitrogen and oxygen atoms in total. The zero-order valence-electron chi connectivity index (χ0n) is 27.4. The van der Waals surface area contributed by atoms with Crippen LogP contribution >= 0.6 is 0 Å². The molecule has 1 aliphatic heterocycles. The smallest absolute Gasteiger partial charge is 0.321 e. The van der Waals surface area contributed by atoms with Gasteiger partial charge in [0, 0.05) is 49.6 Å². The Hall–Kier alpha value is -4.48. The molecule has 0 spiro atoms. The van der Waals surface area contributed by atoms with Crippen molar-refractivity contribution < 1.29 is 33.4 Å². The second-order valence-corrected chi connectivity index (χ2v) is 12.1. The molecule has 4 atom stereocenters. The Morgan fingerprint density at radius 1 is 1.02 bits per heavy atom. The molecule has 3 aromatic carbocycles. The van der Waals surface area contributed by atoms with Crippen molar-refractivity contribution in [3.8, 4) is 5.75 Å². The fourth-order valence-electron chi connectivity index (χ4n) is 5.36. The first kappa shape index (κ1) is 35.4. The Bertz CT molecular complexity index is 1490. The molecule has 4 amide bonds. The van der Waals surface area contributed by atoms with Crippen molar-refractivity contribution in [2.45, 2.75) is 58.3 Å². The van der Waals surface area contributed by atoms with Crippen molar-refractivity contribution >= 4 is 29.2 Å². The number of fused-ring (bicyclic) bond motifs is 1. The van der Waals surface area contributed by atoms with Gasteiger partial charge in [0.15, 0.2) is 0 Å². The molecular formula is C36H45FN4O6. The van der Waals surface area contributed by atoms with Crippen LogP contribution in [0.3, 0.4) is 0 Å². The number of ether oxygens (including phenoxy) is 2. The summed E-state index contributed by atoms with van der Waals surface area (Å²) in [4.78, 5) is 43.3. The van der Waals surface area contributed by atoms with Crippen molar-refractivity contribution in [3.05, 3.63) is 89.7 Å². The second-order valence-electron chi connectivity index (χ2n) is 12.1. The van der Waals surface area contributed by atoms with Crippen LogP contribution in [0.2, 0.25) is 0 Å². The number of hydrogen-bond acceptors (Lipinski definition) is 6. The van der Waals surface area contributed by atoms with E-state index < -0.39 is 18.0 Å². The number of amides is 4. The Labute approximate surface area is 275 Å². The molecule has 0 fully saturated rings. The first-order valence-corrected chi connectivity index (χ1v) is 16.0. The van der Waals surface area contributed by atoms with E-state index in [0.717, 1.165) is 19.3 Å². The number of aliphatic hydroxyl groups excluding tert-OH is 1. The number of hydrogen-bond donors (Lipinski definition) is 3. The monoisotopic (exact) mass is 648 g/mol. The maximum atomic E-state index is 14.3. The van der Waals surface area contributed by atoms with Crippen molar-refractivity contribution in [3.63, 3.8) is 0 Å². The third-order valence-electron chi connectivity index (χ3n) is 8.24. The summed E-state index contributed by atoms with van der Waals surface area (Å²) in [5.74, 6) is -0.929. The van der Waals surface area contributed by atoms with E-state index in [0.29, 0.717) is 29.3 Å². The standard InChI is InChI=1S/C36H45FN4O6/c1-24-21-41(25(2)23-42)35(44)31-20-30(38-34(43)27-11-6-5-7-12-27)17-18-32(31)47-26(3)10-8-9-19-46-33(24)22-40(4)36(45)39-29-15-13-28(37)14-16-29/h5-7,11-18,20,24-26,33,42H,8-10,19,21-23H2,1-4H3,(H,38,43)(H,39,45)/t24-,25-,26-,33-/m0/s1. The molecule has 11 heteroatoms. The van der Waals surface area contributed by atoms with E-state index in [1.54, 1.807) is 61.3 Å². The lowest BCUT2D eigenvalue weighted by atomic mass is 10.0. The first-order chi connectivity index (χ1) is 22.5. The minimum atomic E-state index is -0.550. The van der Waals surface area contributed by atoms with Crippen LogP contribution in [0.5, 0.6) is 5.75 Å². The summed E-state index contributed by atoms with van der Waals surface area (Å²) in [6.45, 7) is 6.28. The minimum Gasteiger partial charge on any atom is -0.490 e. The SMILES string of the molecule is C[C@H]1CCCCO[C@@H](CN(C)C(=O)Nc2ccc(F)cc2)[C@@H](C)CN([C@@H](C)CO)C(=O)c2cc(NC(=O)c3ccccc3)ccc2O1. The van der Waals surface area contributed by atoms with Crippen LogP contribution < -0.4 is 15.4 Å². The van der Waals surface area contributed by atoms with Gasteiger partial charge >= 0.3 is 6.03 Å². The van der Waals surface area contributed by atoms with Gasteiger partial charge in [-0.2, -0.15) is 0 Å². The van der Waals surface area contributed by atoms with Gasteiger partial charge in [-0.05, 0) is 87.7 Å². The molecular weight excluding hydrogens is 603 g/mol. The topological polar surface area (TPSA) is 120 Å². The number of urea groups is 1. The fourth-order valence-corrected chi connectivity index (χ4v) is 5.36. The molecule has 0 saturated carbocycles. The van der Waals surface area contributed by atoms with Gasteiger partial charge in [0.1, 0.15) is 11.6 Å². The summed E-state index contributed by atoms with van der Waals surface area (Å²) < 4.78 is 25.9. The fraction of sp³-hybridized carbons (Fsp3) is 0.417. The third kappa shape index (κ3) is 10.0. The molecule has 4 rings (SSSR count). The number of benzene rings is 3. The molecule has 0 bridgehead atoms. The number of rotatable bonds is 7. The van der Waals surface area contributed by atoms with Crippen LogP contribution in [0.4, 0.5) is 20.6 Å². The highest BCUT2D eigenvalue weighted by molar-refractivity contribution is 6.05. The number of nitrogens with one attached hydrogen (secondary N) is 2. The molecule has 47 heavy (non-hydrogen) atoms. The van der Waals surface area contributed by atoms with Crippen LogP contribution in [-0.2, 0) is 4.74 Å². The van der Waals surface area contributed by atoms with E-state index in [2.05, 4.69) is 10.6 Å². The number of aliphatic hydroxyl groups is 1. The largest absolute Gasteiger partial charge is 0.490 e. The first-order valence-electron chi connectivity index (χ1n) is 16.0. The number of halogens is 1. The Balaban J connectivity index is 1.59. The van der Waals surface area contributed by atoms with Gasteiger partial charge in [0.2, 0.25) is 0 Å². The predicted molar refractivity (Wildman–Crippen MR) is 179 cm³/mol. The normalized spacial score (nSPS) is 19.8. The van der Waals surface area contributed by atoms with E-state index in [-0.39, 0.29) is 55.1 Å². The zero-order chi connectivity index (χ0) is 33.9. The van der Waals surface area contributed by atoms with Gasteiger partial charge in [0.05, 0.1) is 30.4 Å². The highest BCUT2D eigenvalue weighted by Gasteiger charge is 2.31. The molecule has 0 unspecified atom stereocenters. The second kappa shape index (κ2) is 16.9. The summed E-state index contributed by atoms with van der Waals surface area (Å²) in [6, 6.07) is 18.4. The van der Waals surface area contributed by atoms with Crippen LogP contribution in [0.15, 0.2) is 72.8 Å². The number of nitrogens with zero attached hydrogens (tertiary/aromatic N) is 2. The third-order valence-corrected chi connectivity index (χ3v) is 8.24. The summed E-state index contributed by atoms with van der Waals surface area (Å²) in [6.07, 6.45) is 1.68.